The van der Waals surface area contributed by atoms with Crippen LogP contribution < -0.4 is 10.2 Å². The van der Waals surface area contributed by atoms with Crippen LogP contribution in [0.2, 0.25) is 5.02 Å². The summed E-state index contributed by atoms with van der Waals surface area (Å²) in [5.74, 6) is 0. The van der Waals surface area contributed by atoms with Gasteiger partial charge in [0.05, 0.1) is 12.6 Å². The van der Waals surface area contributed by atoms with Crippen molar-refractivity contribution in [3.8, 4) is 0 Å². The van der Waals surface area contributed by atoms with Crippen LogP contribution >= 0.6 is 11.6 Å². The fraction of sp³-hybridized carbons (Fsp3) is 0.0909. The van der Waals surface area contributed by atoms with Crippen molar-refractivity contribution in [2.24, 2.45) is 0 Å². The Hall–Kier alpha value is -3.31. The molecule has 6 heteroatoms. The van der Waals surface area contributed by atoms with Gasteiger partial charge in [0, 0.05) is 16.4 Å². The van der Waals surface area contributed by atoms with Crippen LogP contribution in [0.5, 0.6) is 0 Å². The van der Waals surface area contributed by atoms with Crippen molar-refractivity contribution in [2.75, 3.05) is 16.8 Å². The smallest absolute Gasteiger partial charge is 0.307 e. The van der Waals surface area contributed by atoms with E-state index in [2.05, 4.69) is 5.32 Å². The van der Waals surface area contributed by atoms with E-state index < -0.39 is 6.03 Å². The second kappa shape index (κ2) is 7.74. The minimum absolute atomic E-state index is 0.254. The maximum atomic E-state index is 13.2. The Labute approximate surface area is 168 Å². The van der Waals surface area contributed by atoms with Crippen molar-refractivity contribution in [3.05, 3.63) is 95.5 Å². The second-order valence-corrected chi connectivity index (χ2v) is 6.90. The monoisotopic (exact) mass is 391 g/mol. The van der Waals surface area contributed by atoms with Gasteiger partial charge in [0.25, 0.3) is 0 Å². The lowest BCUT2D eigenvalue weighted by Crippen LogP contribution is -2.39. The molecule has 1 saturated heterocycles. The van der Waals surface area contributed by atoms with Crippen molar-refractivity contribution in [3.63, 3.8) is 0 Å². The van der Waals surface area contributed by atoms with Gasteiger partial charge in [0.15, 0.2) is 0 Å². The number of benzene rings is 3. The fourth-order valence-corrected chi connectivity index (χ4v) is 3.43. The van der Waals surface area contributed by atoms with Crippen molar-refractivity contribution in [1.82, 2.24) is 4.90 Å². The average molecular weight is 392 g/mol. The molecule has 0 aromatic heterocycles. The highest BCUT2D eigenvalue weighted by atomic mass is 35.5. The molecule has 0 bridgehead atoms. The summed E-state index contributed by atoms with van der Waals surface area (Å²) in [6.07, 6.45) is 0. The first-order valence-corrected chi connectivity index (χ1v) is 9.28. The quantitative estimate of drug-likeness (QED) is 0.635. The summed E-state index contributed by atoms with van der Waals surface area (Å²) in [5, 5.41) is 3.37. The molecular formula is C22H18ClN3O2. The van der Waals surface area contributed by atoms with Crippen LogP contribution in [0.3, 0.4) is 0 Å². The zero-order valence-electron chi connectivity index (χ0n) is 15.0. The predicted octanol–water partition coefficient (Wildman–Crippen LogP) is 5.56. The van der Waals surface area contributed by atoms with E-state index in [4.69, 9.17) is 11.6 Å². The van der Waals surface area contributed by atoms with E-state index in [1.165, 1.54) is 4.90 Å². The molecule has 0 radical (unpaired) electrons. The van der Waals surface area contributed by atoms with Gasteiger partial charge in [0.1, 0.15) is 0 Å². The van der Waals surface area contributed by atoms with E-state index in [0.717, 1.165) is 5.56 Å². The zero-order chi connectivity index (χ0) is 19.5. The first-order chi connectivity index (χ1) is 13.6. The molecule has 5 nitrogen and oxygen atoms in total. The Morgan fingerprint density at radius 1 is 0.893 bits per heavy atom. The highest BCUT2D eigenvalue weighted by molar-refractivity contribution is 6.30. The van der Waals surface area contributed by atoms with Gasteiger partial charge in [-0.2, -0.15) is 0 Å². The van der Waals surface area contributed by atoms with Gasteiger partial charge in [-0.15, -0.1) is 0 Å². The summed E-state index contributed by atoms with van der Waals surface area (Å²) in [7, 11) is 0. The minimum Gasteiger partial charge on any atom is -0.307 e. The Balaban J connectivity index is 1.66. The Kier molecular flexibility index (Phi) is 5.00. The van der Waals surface area contributed by atoms with Crippen LogP contribution in [-0.2, 0) is 0 Å². The molecule has 1 aliphatic heterocycles. The molecule has 28 heavy (non-hydrogen) atoms. The number of carbonyl (C=O) groups is 2. The van der Waals surface area contributed by atoms with Crippen LogP contribution in [0, 0.1) is 0 Å². The third kappa shape index (κ3) is 3.57. The molecule has 1 heterocycles. The van der Waals surface area contributed by atoms with Gasteiger partial charge in [0.2, 0.25) is 0 Å². The van der Waals surface area contributed by atoms with E-state index >= 15 is 0 Å². The van der Waals surface area contributed by atoms with E-state index in [1.54, 1.807) is 41.3 Å². The van der Waals surface area contributed by atoms with Crippen LogP contribution in [0.15, 0.2) is 84.9 Å². The highest BCUT2D eigenvalue weighted by Crippen LogP contribution is 2.35. The molecule has 1 fully saturated rings. The van der Waals surface area contributed by atoms with Gasteiger partial charge >= 0.3 is 12.1 Å². The summed E-state index contributed by atoms with van der Waals surface area (Å²) >= 11 is 6.00. The maximum Gasteiger partial charge on any atom is 0.333 e. The number of hydrogen-bond acceptors (Lipinski definition) is 2. The molecule has 0 spiro atoms. The molecule has 3 aromatic carbocycles. The van der Waals surface area contributed by atoms with E-state index in [-0.39, 0.29) is 18.6 Å². The maximum absolute atomic E-state index is 13.2. The fourth-order valence-electron chi connectivity index (χ4n) is 3.30. The number of rotatable bonds is 3. The number of amides is 4. The molecular weight excluding hydrogens is 374 g/mol. The van der Waals surface area contributed by atoms with Gasteiger partial charge < -0.3 is 5.32 Å². The molecule has 140 valence electrons. The molecule has 4 amide bonds. The minimum atomic E-state index is -0.450. The Morgan fingerprint density at radius 2 is 1.50 bits per heavy atom. The second-order valence-electron chi connectivity index (χ2n) is 6.46. The standard InChI is InChI=1S/C22H18ClN3O2/c23-17-11-13-19(14-12-17)26-20(16-7-3-1-4-8-16)15-25(22(26)28)21(27)24-18-9-5-2-6-10-18/h1-14,20H,15H2,(H,24,27). The number of anilines is 2. The highest BCUT2D eigenvalue weighted by Gasteiger charge is 2.42. The number of nitrogens with zero attached hydrogens (tertiary/aromatic N) is 2. The van der Waals surface area contributed by atoms with Crippen molar-refractivity contribution < 1.29 is 9.59 Å². The largest absolute Gasteiger partial charge is 0.333 e. The summed E-state index contributed by atoms with van der Waals surface area (Å²) < 4.78 is 0. The Morgan fingerprint density at radius 3 is 2.14 bits per heavy atom. The Bertz CT molecular complexity index is 978. The number of urea groups is 2. The number of nitrogens with one attached hydrogen (secondary N) is 1. The van der Waals surface area contributed by atoms with E-state index in [0.29, 0.717) is 16.4 Å². The first kappa shape index (κ1) is 18.1. The summed E-state index contributed by atoms with van der Waals surface area (Å²) in [4.78, 5) is 28.8. The van der Waals surface area contributed by atoms with Gasteiger partial charge in [-0.25, -0.2) is 14.5 Å². The van der Waals surface area contributed by atoms with E-state index in [9.17, 15) is 9.59 Å². The lowest BCUT2D eigenvalue weighted by Gasteiger charge is -2.23. The predicted molar refractivity (Wildman–Crippen MR) is 111 cm³/mol. The number of halogens is 1. The normalized spacial score (nSPS) is 16.3. The lowest BCUT2D eigenvalue weighted by molar-refractivity contribution is 0.208. The third-order valence-corrected chi connectivity index (χ3v) is 4.92. The van der Waals surface area contributed by atoms with Gasteiger partial charge in [-0.05, 0) is 42.0 Å². The number of imide groups is 1. The third-order valence-electron chi connectivity index (χ3n) is 4.66. The average Bonchev–Trinajstić information content (AvgIpc) is 3.07. The van der Waals surface area contributed by atoms with Crippen molar-refractivity contribution in [2.45, 2.75) is 6.04 Å². The van der Waals surface area contributed by atoms with Crippen LogP contribution in [0.25, 0.3) is 0 Å². The topological polar surface area (TPSA) is 52.7 Å². The molecule has 1 atom stereocenters. The lowest BCUT2D eigenvalue weighted by atomic mass is 10.1. The van der Waals surface area contributed by atoms with Crippen LogP contribution in [-0.4, -0.2) is 23.5 Å². The first-order valence-electron chi connectivity index (χ1n) is 8.91. The van der Waals surface area contributed by atoms with Gasteiger partial charge in [-0.3, -0.25) is 4.90 Å². The molecule has 1 unspecified atom stereocenters. The SMILES string of the molecule is O=C(Nc1ccccc1)N1CC(c2ccccc2)N(c2ccc(Cl)cc2)C1=O. The molecule has 1 aliphatic rings. The van der Waals surface area contributed by atoms with Gasteiger partial charge in [-0.1, -0.05) is 60.1 Å². The molecule has 0 aliphatic carbocycles. The van der Waals surface area contributed by atoms with Crippen LogP contribution in [0.4, 0.5) is 21.0 Å². The zero-order valence-corrected chi connectivity index (χ0v) is 15.7. The number of para-hydroxylation sites is 1. The summed E-state index contributed by atoms with van der Waals surface area (Å²) in [5.41, 5.74) is 2.29. The van der Waals surface area contributed by atoms with E-state index in [1.807, 2.05) is 48.5 Å². The molecule has 4 rings (SSSR count). The number of carbonyl (C=O) groups excluding carboxylic acids is 2. The molecule has 3 aromatic rings. The molecule has 0 saturated carbocycles. The van der Waals surface area contributed by atoms with Crippen molar-refractivity contribution >= 4 is 35.0 Å². The van der Waals surface area contributed by atoms with Crippen LogP contribution in [0.1, 0.15) is 11.6 Å². The summed E-state index contributed by atoms with van der Waals surface area (Å²) in [6.45, 7) is 0.254. The molecule has 1 N–H and O–H groups in total. The summed E-state index contributed by atoms with van der Waals surface area (Å²) in [6, 6.07) is 24.7. The van der Waals surface area contributed by atoms with Crippen molar-refractivity contribution in [1.29, 1.82) is 0 Å². The number of hydrogen-bond donors (Lipinski definition) is 1.